The summed E-state index contributed by atoms with van der Waals surface area (Å²) in [6, 6.07) is 3.55. The van der Waals surface area contributed by atoms with Crippen molar-refractivity contribution in [1.82, 2.24) is 4.98 Å². The molecule has 1 aromatic heterocycles. The maximum absolute atomic E-state index is 13.3. The first kappa shape index (κ1) is 12.8. The van der Waals surface area contributed by atoms with Crippen LogP contribution in [0.25, 0.3) is 10.4 Å². The lowest BCUT2D eigenvalue weighted by Crippen LogP contribution is -1.83. The van der Waals surface area contributed by atoms with Gasteiger partial charge in [0.2, 0.25) is 0 Å². The molecule has 0 fully saturated rings. The molecule has 0 amide bonds. The van der Waals surface area contributed by atoms with Crippen LogP contribution in [0, 0.1) is 18.6 Å². The van der Waals surface area contributed by atoms with Crippen molar-refractivity contribution in [3.05, 3.63) is 41.0 Å². The van der Waals surface area contributed by atoms with Gasteiger partial charge >= 0.3 is 0 Å². The van der Waals surface area contributed by atoms with Crippen LogP contribution in [0.15, 0.2) is 24.4 Å². The molecule has 0 unspecified atom stereocenters. The van der Waals surface area contributed by atoms with Crippen LogP contribution in [0.5, 0.6) is 0 Å². The quantitative estimate of drug-likeness (QED) is 0.720. The molecule has 0 saturated heterocycles. The average Bonchev–Trinajstić information content (AvgIpc) is 2.68. The van der Waals surface area contributed by atoms with E-state index in [4.69, 9.17) is 0 Å². The minimum atomic E-state index is -0.563. The van der Waals surface area contributed by atoms with Crippen LogP contribution in [-0.4, -0.2) is 4.98 Å². The fraction of sp³-hybridized carbons (Fsp3) is 0.250. The van der Waals surface area contributed by atoms with Crippen molar-refractivity contribution in [1.29, 1.82) is 0 Å². The van der Waals surface area contributed by atoms with Crippen LogP contribution in [0.3, 0.4) is 0 Å². The standard InChI is InChI=1S/C10H7F2NS.C2H6/c1-6-13-5-10(14-6)8-3-2-7(11)4-9(8)12;1-2/h2-5H,1H3;1-2H3. The molecule has 0 aliphatic rings. The van der Waals surface area contributed by atoms with E-state index in [1.807, 2.05) is 20.8 Å². The molecule has 4 heteroatoms. The monoisotopic (exact) mass is 241 g/mol. The predicted octanol–water partition coefficient (Wildman–Crippen LogP) is 4.42. The molecular weight excluding hydrogens is 228 g/mol. The van der Waals surface area contributed by atoms with Gasteiger partial charge in [-0.15, -0.1) is 11.3 Å². The third-order valence-electron chi connectivity index (χ3n) is 1.82. The number of halogens is 2. The van der Waals surface area contributed by atoms with Crippen molar-refractivity contribution in [3.8, 4) is 10.4 Å². The van der Waals surface area contributed by atoms with Crippen molar-refractivity contribution >= 4 is 11.3 Å². The summed E-state index contributed by atoms with van der Waals surface area (Å²) in [6.07, 6.45) is 1.59. The second-order valence-electron chi connectivity index (χ2n) is 2.87. The summed E-state index contributed by atoms with van der Waals surface area (Å²) in [4.78, 5) is 4.74. The highest BCUT2D eigenvalue weighted by molar-refractivity contribution is 7.15. The first-order valence-corrected chi connectivity index (χ1v) is 5.86. The lowest BCUT2D eigenvalue weighted by molar-refractivity contribution is 0.586. The van der Waals surface area contributed by atoms with Crippen molar-refractivity contribution in [2.75, 3.05) is 0 Å². The second-order valence-corrected chi connectivity index (χ2v) is 4.10. The number of benzene rings is 1. The van der Waals surface area contributed by atoms with Crippen LogP contribution in [0.1, 0.15) is 18.9 Å². The van der Waals surface area contributed by atoms with Gasteiger partial charge in [-0.3, -0.25) is 0 Å². The van der Waals surface area contributed by atoms with E-state index in [0.29, 0.717) is 5.56 Å². The number of thiazole rings is 1. The van der Waals surface area contributed by atoms with E-state index in [-0.39, 0.29) is 0 Å². The maximum Gasteiger partial charge on any atom is 0.134 e. The zero-order valence-corrected chi connectivity index (χ0v) is 10.2. The van der Waals surface area contributed by atoms with Gasteiger partial charge in [-0.2, -0.15) is 0 Å². The number of hydrogen-bond acceptors (Lipinski definition) is 2. The topological polar surface area (TPSA) is 12.9 Å². The first-order chi connectivity index (χ1) is 7.66. The van der Waals surface area contributed by atoms with Gasteiger partial charge in [0.25, 0.3) is 0 Å². The summed E-state index contributed by atoms with van der Waals surface area (Å²) in [5, 5.41) is 0.865. The Morgan fingerprint density at radius 2 is 1.88 bits per heavy atom. The average molecular weight is 241 g/mol. The highest BCUT2D eigenvalue weighted by atomic mass is 32.1. The summed E-state index contributed by atoms with van der Waals surface area (Å²) >= 11 is 1.39. The first-order valence-electron chi connectivity index (χ1n) is 5.04. The Balaban J connectivity index is 0.000000606. The lowest BCUT2D eigenvalue weighted by atomic mass is 10.2. The molecule has 0 bridgehead atoms. The van der Waals surface area contributed by atoms with E-state index in [1.165, 1.54) is 23.5 Å². The summed E-state index contributed by atoms with van der Waals surface area (Å²) in [5.41, 5.74) is 0.400. The van der Waals surface area contributed by atoms with Gasteiger partial charge in [0.15, 0.2) is 0 Å². The third-order valence-corrected chi connectivity index (χ3v) is 2.76. The molecule has 16 heavy (non-hydrogen) atoms. The molecule has 0 radical (unpaired) electrons. The van der Waals surface area contributed by atoms with Gasteiger partial charge in [0.1, 0.15) is 11.6 Å². The highest BCUT2D eigenvalue weighted by Gasteiger charge is 2.08. The molecule has 1 heterocycles. The van der Waals surface area contributed by atoms with Gasteiger partial charge in [-0.05, 0) is 19.1 Å². The molecule has 0 saturated carbocycles. The van der Waals surface area contributed by atoms with Gasteiger partial charge in [-0.25, -0.2) is 13.8 Å². The minimum Gasteiger partial charge on any atom is -0.249 e. The van der Waals surface area contributed by atoms with Gasteiger partial charge in [0, 0.05) is 17.8 Å². The Hall–Kier alpha value is -1.29. The van der Waals surface area contributed by atoms with Crippen molar-refractivity contribution in [3.63, 3.8) is 0 Å². The fourth-order valence-corrected chi connectivity index (χ4v) is 1.98. The van der Waals surface area contributed by atoms with Crippen molar-refractivity contribution in [2.45, 2.75) is 20.8 Å². The molecule has 2 aromatic rings. The Morgan fingerprint density at radius 1 is 1.19 bits per heavy atom. The summed E-state index contributed by atoms with van der Waals surface area (Å²) < 4.78 is 25.9. The number of nitrogens with zero attached hydrogens (tertiary/aromatic N) is 1. The van der Waals surface area contributed by atoms with Crippen LogP contribution in [0.2, 0.25) is 0 Å². The normalized spacial score (nSPS) is 9.56. The number of aryl methyl sites for hydroxylation is 1. The number of rotatable bonds is 1. The Bertz CT molecular complexity index is 466. The maximum atomic E-state index is 13.3. The number of aromatic nitrogens is 1. The summed E-state index contributed by atoms with van der Waals surface area (Å²) in [7, 11) is 0. The van der Waals surface area contributed by atoms with Crippen LogP contribution >= 0.6 is 11.3 Å². The molecule has 0 aliphatic heterocycles. The molecule has 1 aromatic carbocycles. The lowest BCUT2D eigenvalue weighted by Gasteiger charge is -1.98. The Morgan fingerprint density at radius 3 is 2.38 bits per heavy atom. The Labute approximate surface area is 97.8 Å². The zero-order valence-electron chi connectivity index (χ0n) is 9.42. The van der Waals surface area contributed by atoms with Crippen LogP contribution in [-0.2, 0) is 0 Å². The van der Waals surface area contributed by atoms with Crippen molar-refractivity contribution in [2.24, 2.45) is 0 Å². The van der Waals surface area contributed by atoms with Gasteiger partial charge in [0.05, 0.1) is 9.88 Å². The number of hydrogen-bond donors (Lipinski definition) is 0. The zero-order chi connectivity index (χ0) is 12.1. The molecule has 0 spiro atoms. The molecule has 0 atom stereocenters. The highest BCUT2D eigenvalue weighted by Crippen LogP contribution is 2.28. The summed E-state index contributed by atoms with van der Waals surface area (Å²) in [6.45, 7) is 5.84. The van der Waals surface area contributed by atoms with Gasteiger partial charge < -0.3 is 0 Å². The van der Waals surface area contributed by atoms with Crippen molar-refractivity contribution < 1.29 is 8.78 Å². The van der Waals surface area contributed by atoms with E-state index in [1.54, 1.807) is 6.20 Å². The molecule has 0 aliphatic carbocycles. The molecule has 1 nitrogen and oxygen atoms in total. The van der Waals surface area contributed by atoms with E-state index >= 15 is 0 Å². The van der Waals surface area contributed by atoms with E-state index in [9.17, 15) is 8.78 Å². The molecule has 86 valence electrons. The molecule has 2 rings (SSSR count). The Kier molecular flexibility index (Phi) is 4.55. The molecule has 0 N–H and O–H groups in total. The van der Waals surface area contributed by atoms with E-state index in [2.05, 4.69) is 4.98 Å². The third kappa shape index (κ3) is 2.85. The van der Waals surface area contributed by atoms with E-state index < -0.39 is 11.6 Å². The summed E-state index contributed by atoms with van der Waals surface area (Å²) in [5.74, 6) is -1.11. The SMILES string of the molecule is CC.Cc1ncc(-c2ccc(F)cc2F)s1. The van der Waals surface area contributed by atoms with Gasteiger partial charge in [-0.1, -0.05) is 13.8 Å². The second kappa shape index (κ2) is 5.70. The fourth-order valence-electron chi connectivity index (χ4n) is 1.18. The smallest absolute Gasteiger partial charge is 0.134 e. The predicted molar refractivity (Wildman–Crippen MR) is 63.6 cm³/mol. The molecular formula is C12H13F2NS. The largest absolute Gasteiger partial charge is 0.249 e. The minimum absolute atomic E-state index is 0.400. The van der Waals surface area contributed by atoms with Crippen LogP contribution in [0.4, 0.5) is 8.78 Å². The van der Waals surface area contributed by atoms with E-state index in [0.717, 1.165) is 16.0 Å². The van der Waals surface area contributed by atoms with Crippen LogP contribution < -0.4 is 0 Å².